The van der Waals surface area contributed by atoms with Crippen molar-refractivity contribution in [1.82, 2.24) is 14.7 Å². The number of halogens is 1. The number of hydrogen-bond donors (Lipinski definition) is 1. The lowest BCUT2D eigenvalue weighted by Crippen LogP contribution is -2.22. The molecule has 1 N–H and O–H groups in total. The van der Waals surface area contributed by atoms with Gasteiger partial charge in [-0.2, -0.15) is 5.10 Å². The highest BCUT2D eigenvalue weighted by Crippen LogP contribution is 2.72. The van der Waals surface area contributed by atoms with Gasteiger partial charge in [0, 0.05) is 12.5 Å². The Morgan fingerprint density at radius 3 is 2.35 bits per heavy atom. The minimum atomic E-state index is -0.473. The summed E-state index contributed by atoms with van der Waals surface area (Å²) in [5.41, 5.74) is 1.22. The van der Waals surface area contributed by atoms with Crippen LogP contribution in [0.4, 0.5) is 0 Å². The summed E-state index contributed by atoms with van der Waals surface area (Å²) in [7, 11) is 4.09. The Bertz CT molecular complexity index is 479. The fourth-order valence-electron chi connectivity index (χ4n) is 3.33. The highest BCUT2D eigenvalue weighted by Gasteiger charge is 2.67. The molecule has 0 amide bonds. The Kier molecular flexibility index (Phi) is 4.08. The van der Waals surface area contributed by atoms with Crippen LogP contribution in [0.15, 0.2) is 10.7 Å². The summed E-state index contributed by atoms with van der Waals surface area (Å²) < 4.78 is 2.83. The Hall–Kier alpha value is -0.390. The molecule has 0 radical (unpaired) electrons. The van der Waals surface area contributed by atoms with Gasteiger partial charge in [-0.25, -0.2) is 0 Å². The second-order valence-corrected chi connectivity index (χ2v) is 8.12. The Balaban J connectivity index is 2.23. The van der Waals surface area contributed by atoms with Crippen molar-refractivity contribution < 1.29 is 5.11 Å². The second kappa shape index (κ2) is 5.11. The molecule has 20 heavy (non-hydrogen) atoms. The van der Waals surface area contributed by atoms with E-state index in [0.29, 0.717) is 0 Å². The van der Waals surface area contributed by atoms with Crippen molar-refractivity contribution in [2.45, 2.75) is 40.3 Å². The van der Waals surface area contributed by atoms with Gasteiger partial charge in [-0.1, -0.05) is 27.7 Å². The number of hydrogen-bond acceptors (Lipinski definition) is 3. The van der Waals surface area contributed by atoms with Crippen molar-refractivity contribution in [3.8, 4) is 0 Å². The zero-order chi connectivity index (χ0) is 15.3. The normalized spacial score (nSPS) is 22.2. The van der Waals surface area contributed by atoms with Gasteiger partial charge in [0.1, 0.15) is 6.10 Å². The van der Waals surface area contributed by atoms with Gasteiger partial charge in [-0.15, -0.1) is 0 Å². The summed E-state index contributed by atoms with van der Waals surface area (Å²) in [4.78, 5) is 2.12. The molecule has 1 unspecified atom stereocenters. The minimum absolute atomic E-state index is 0.155. The van der Waals surface area contributed by atoms with Crippen LogP contribution in [-0.4, -0.2) is 40.4 Å². The predicted octanol–water partition coefficient (Wildman–Crippen LogP) is 2.92. The SMILES string of the molecule is CN(C)CCn1ncc(Br)c1C(O)C1C(C)(C)C1(C)C. The van der Waals surface area contributed by atoms with Crippen LogP contribution in [0, 0.1) is 16.7 Å². The molecular formula is C15H26BrN3O. The van der Waals surface area contributed by atoms with Crippen LogP contribution in [0.2, 0.25) is 0 Å². The molecular weight excluding hydrogens is 318 g/mol. The summed E-state index contributed by atoms with van der Waals surface area (Å²) in [6.07, 6.45) is 1.32. The Morgan fingerprint density at radius 2 is 1.90 bits per heavy atom. The molecule has 1 fully saturated rings. The van der Waals surface area contributed by atoms with Gasteiger partial charge < -0.3 is 10.0 Å². The van der Waals surface area contributed by atoms with E-state index in [1.54, 1.807) is 6.20 Å². The first kappa shape index (κ1) is 16.0. The third-order valence-electron chi connectivity index (χ3n) is 5.32. The maximum Gasteiger partial charge on any atom is 0.101 e. The molecule has 114 valence electrons. The first-order chi connectivity index (χ1) is 9.10. The van der Waals surface area contributed by atoms with E-state index in [-0.39, 0.29) is 16.7 Å². The molecule has 4 nitrogen and oxygen atoms in total. The van der Waals surface area contributed by atoms with Crippen molar-refractivity contribution >= 4 is 15.9 Å². The van der Waals surface area contributed by atoms with Crippen LogP contribution in [0.25, 0.3) is 0 Å². The molecule has 1 aliphatic carbocycles. The highest BCUT2D eigenvalue weighted by molar-refractivity contribution is 9.10. The number of rotatable bonds is 5. The van der Waals surface area contributed by atoms with E-state index < -0.39 is 6.10 Å². The molecule has 0 bridgehead atoms. The minimum Gasteiger partial charge on any atom is -0.386 e. The topological polar surface area (TPSA) is 41.3 Å². The van der Waals surface area contributed by atoms with Crippen molar-refractivity contribution in [2.75, 3.05) is 20.6 Å². The Morgan fingerprint density at radius 1 is 1.35 bits per heavy atom. The molecule has 0 saturated heterocycles. The summed E-state index contributed by atoms with van der Waals surface area (Å²) in [5.74, 6) is 0.265. The first-order valence-electron chi connectivity index (χ1n) is 7.14. The van der Waals surface area contributed by atoms with Gasteiger partial charge in [-0.05, 0) is 40.9 Å². The highest BCUT2D eigenvalue weighted by atomic mass is 79.9. The monoisotopic (exact) mass is 343 g/mol. The average Bonchev–Trinajstić information content (AvgIpc) is 2.59. The van der Waals surface area contributed by atoms with E-state index in [0.717, 1.165) is 23.3 Å². The molecule has 1 aliphatic rings. The van der Waals surface area contributed by atoms with Crippen molar-refractivity contribution in [3.63, 3.8) is 0 Å². The molecule has 0 aliphatic heterocycles. The van der Waals surface area contributed by atoms with Crippen LogP contribution in [-0.2, 0) is 6.54 Å². The number of aliphatic hydroxyl groups excluding tert-OH is 1. The van der Waals surface area contributed by atoms with Crippen LogP contribution < -0.4 is 0 Å². The van der Waals surface area contributed by atoms with Gasteiger partial charge in [0.05, 0.1) is 22.9 Å². The smallest absolute Gasteiger partial charge is 0.101 e. The van der Waals surface area contributed by atoms with Gasteiger partial charge >= 0.3 is 0 Å². The van der Waals surface area contributed by atoms with E-state index in [2.05, 4.69) is 53.6 Å². The number of aromatic nitrogens is 2. The maximum absolute atomic E-state index is 10.8. The van der Waals surface area contributed by atoms with Gasteiger partial charge in [0.2, 0.25) is 0 Å². The lowest BCUT2D eigenvalue weighted by Gasteiger charge is -2.17. The molecule has 1 aromatic rings. The maximum atomic E-state index is 10.8. The quantitative estimate of drug-likeness (QED) is 0.893. The van der Waals surface area contributed by atoms with Gasteiger partial charge in [-0.3, -0.25) is 4.68 Å². The summed E-state index contributed by atoms with van der Waals surface area (Å²) in [5, 5.41) is 15.2. The number of likely N-dealkylation sites (N-methyl/N-ethyl adjacent to an activating group) is 1. The van der Waals surface area contributed by atoms with Crippen molar-refractivity contribution in [1.29, 1.82) is 0 Å². The molecule has 5 heteroatoms. The van der Waals surface area contributed by atoms with Crippen molar-refractivity contribution in [2.24, 2.45) is 16.7 Å². The zero-order valence-corrected chi connectivity index (χ0v) is 14.9. The van der Waals surface area contributed by atoms with Crippen LogP contribution in [0.3, 0.4) is 0 Å². The molecule has 2 rings (SSSR count). The van der Waals surface area contributed by atoms with Gasteiger partial charge in [0.25, 0.3) is 0 Å². The zero-order valence-electron chi connectivity index (χ0n) is 13.3. The summed E-state index contributed by atoms with van der Waals surface area (Å²) >= 11 is 3.54. The predicted molar refractivity (Wildman–Crippen MR) is 84.5 cm³/mol. The van der Waals surface area contributed by atoms with Gasteiger partial charge in [0.15, 0.2) is 0 Å². The van der Waals surface area contributed by atoms with Crippen LogP contribution >= 0.6 is 15.9 Å². The average molecular weight is 344 g/mol. The van der Waals surface area contributed by atoms with E-state index in [9.17, 15) is 5.11 Å². The largest absolute Gasteiger partial charge is 0.386 e. The molecule has 1 saturated carbocycles. The van der Waals surface area contributed by atoms with E-state index in [1.165, 1.54) is 0 Å². The summed E-state index contributed by atoms with van der Waals surface area (Å²) in [6.45, 7) is 10.6. The first-order valence-corrected chi connectivity index (χ1v) is 7.94. The van der Waals surface area contributed by atoms with E-state index in [4.69, 9.17) is 0 Å². The standard InChI is InChI=1S/C15H26BrN3O/c1-14(2)13(15(14,3)4)12(20)11-10(16)9-17-19(11)8-7-18(5)6/h9,12-13,20H,7-8H2,1-6H3. The lowest BCUT2D eigenvalue weighted by molar-refractivity contribution is 0.119. The molecule has 0 spiro atoms. The third kappa shape index (κ3) is 2.44. The van der Waals surface area contributed by atoms with E-state index in [1.807, 2.05) is 18.8 Å². The van der Waals surface area contributed by atoms with Crippen molar-refractivity contribution in [3.05, 3.63) is 16.4 Å². The lowest BCUT2D eigenvalue weighted by atomic mass is 10.0. The van der Waals surface area contributed by atoms with E-state index >= 15 is 0 Å². The Labute approximate surface area is 130 Å². The second-order valence-electron chi connectivity index (χ2n) is 7.27. The number of aliphatic hydroxyl groups is 1. The molecule has 1 heterocycles. The van der Waals surface area contributed by atoms with Crippen LogP contribution in [0.5, 0.6) is 0 Å². The fraction of sp³-hybridized carbons (Fsp3) is 0.800. The third-order valence-corrected chi connectivity index (χ3v) is 5.93. The molecule has 1 atom stereocenters. The summed E-state index contributed by atoms with van der Waals surface area (Å²) in [6, 6.07) is 0. The molecule has 0 aromatic carbocycles. The fourth-order valence-corrected chi connectivity index (χ4v) is 3.86. The molecule has 1 aromatic heterocycles. The number of nitrogens with zero attached hydrogens (tertiary/aromatic N) is 3. The van der Waals surface area contributed by atoms with Crippen LogP contribution in [0.1, 0.15) is 39.5 Å².